The topological polar surface area (TPSA) is 60.3 Å². The van der Waals surface area contributed by atoms with Crippen LogP contribution in [-0.4, -0.2) is 17.6 Å². The molecule has 1 heterocycles. The molecular weight excluding hydrogens is 311 g/mol. The summed E-state index contributed by atoms with van der Waals surface area (Å²) in [6.45, 7) is -0.000375. The molecule has 0 atom stereocenters. The lowest BCUT2D eigenvalue weighted by Crippen LogP contribution is -2.20. The maximum absolute atomic E-state index is 13.3. The number of ether oxygens (including phenoxy) is 1. The van der Waals surface area contributed by atoms with E-state index in [0.29, 0.717) is 17.0 Å². The first-order valence-corrected chi connectivity index (χ1v) is 7.29. The smallest absolute Gasteiger partial charge is 0.244 e. The maximum Gasteiger partial charge on any atom is 0.244 e. The molecule has 0 aliphatic carbocycles. The number of pyridine rings is 1. The predicted molar refractivity (Wildman–Crippen MR) is 89.8 cm³/mol. The van der Waals surface area contributed by atoms with E-state index in [4.69, 9.17) is 4.74 Å². The molecular formula is C18H15FN2O3. The lowest BCUT2D eigenvalue weighted by molar-refractivity contribution is -0.116. The fraction of sp³-hybridized carbons (Fsp3) is 0.111. The largest absolute Gasteiger partial charge is 0.497 e. The minimum absolute atomic E-state index is 0.000375. The molecule has 0 unspecified atom stereocenters. The molecule has 0 aliphatic heterocycles. The number of hydrogen-bond acceptors (Lipinski definition) is 3. The number of methoxy groups -OCH3 is 1. The molecule has 1 amide bonds. The summed E-state index contributed by atoms with van der Waals surface area (Å²) in [6, 6.07) is 12.2. The van der Waals surface area contributed by atoms with Crippen molar-refractivity contribution in [2.45, 2.75) is 6.54 Å². The number of hydrogen-bond donors (Lipinski definition) is 1. The number of amides is 1. The van der Waals surface area contributed by atoms with Gasteiger partial charge in [0.15, 0.2) is 5.43 Å². The number of nitrogens with zero attached hydrogens (tertiary/aromatic N) is 1. The van der Waals surface area contributed by atoms with Crippen LogP contribution in [0.2, 0.25) is 0 Å². The molecule has 24 heavy (non-hydrogen) atoms. The van der Waals surface area contributed by atoms with Gasteiger partial charge in [-0.3, -0.25) is 9.59 Å². The number of aromatic nitrogens is 1. The van der Waals surface area contributed by atoms with Crippen molar-refractivity contribution in [1.82, 2.24) is 4.57 Å². The molecule has 3 rings (SSSR count). The lowest BCUT2D eigenvalue weighted by Gasteiger charge is -2.11. The average molecular weight is 326 g/mol. The number of rotatable bonds is 4. The van der Waals surface area contributed by atoms with Gasteiger partial charge in [-0.05, 0) is 30.3 Å². The van der Waals surface area contributed by atoms with Crippen LogP contribution in [-0.2, 0) is 11.3 Å². The number of carbonyl (C=O) groups is 1. The second kappa shape index (κ2) is 6.54. The number of fused-ring (bicyclic) bond motifs is 1. The van der Waals surface area contributed by atoms with Crippen molar-refractivity contribution < 1.29 is 13.9 Å². The zero-order valence-electron chi connectivity index (χ0n) is 13.0. The summed E-state index contributed by atoms with van der Waals surface area (Å²) in [5.41, 5.74) is 0.828. The average Bonchev–Trinajstić information content (AvgIpc) is 2.57. The molecule has 0 bridgehead atoms. The Morgan fingerprint density at radius 1 is 1.21 bits per heavy atom. The first-order chi connectivity index (χ1) is 11.6. The van der Waals surface area contributed by atoms with E-state index < -0.39 is 5.82 Å². The van der Waals surface area contributed by atoms with Crippen LogP contribution in [0.3, 0.4) is 0 Å². The van der Waals surface area contributed by atoms with Crippen molar-refractivity contribution >= 4 is 22.5 Å². The standard InChI is InChI=1S/C18H15FN2O3/c1-24-14-4-2-3-13(10-14)20-18(23)11-21-8-7-17(22)15-9-12(19)5-6-16(15)21/h2-10H,11H2,1H3,(H,20,23). The SMILES string of the molecule is COc1cccc(NC(=O)Cn2ccc(=O)c3cc(F)ccc32)c1. The van der Waals surface area contributed by atoms with Crippen LogP contribution < -0.4 is 15.5 Å². The molecule has 0 saturated heterocycles. The molecule has 0 aliphatic rings. The van der Waals surface area contributed by atoms with Crippen LogP contribution in [0.1, 0.15) is 0 Å². The highest BCUT2D eigenvalue weighted by atomic mass is 19.1. The van der Waals surface area contributed by atoms with E-state index in [9.17, 15) is 14.0 Å². The van der Waals surface area contributed by atoms with Crippen LogP contribution in [0.25, 0.3) is 10.9 Å². The van der Waals surface area contributed by atoms with Crippen molar-refractivity contribution in [2.24, 2.45) is 0 Å². The van der Waals surface area contributed by atoms with Gasteiger partial charge >= 0.3 is 0 Å². The van der Waals surface area contributed by atoms with E-state index in [-0.39, 0.29) is 23.3 Å². The van der Waals surface area contributed by atoms with Gasteiger partial charge in [-0.2, -0.15) is 0 Å². The van der Waals surface area contributed by atoms with Gasteiger partial charge < -0.3 is 14.6 Å². The van der Waals surface area contributed by atoms with Gasteiger partial charge in [0.25, 0.3) is 0 Å². The summed E-state index contributed by atoms with van der Waals surface area (Å²) in [5.74, 6) is -0.118. The third-order valence-electron chi connectivity index (χ3n) is 3.61. The monoisotopic (exact) mass is 326 g/mol. The van der Waals surface area contributed by atoms with Crippen molar-refractivity contribution in [1.29, 1.82) is 0 Å². The molecule has 5 nitrogen and oxygen atoms in total. The Balaban J connectivity index is 1.85. The van der Waals surface area contributed by atoms with E-state index in [0.717, 1.165) is 0 Å². The fourth-order valence-corrected chi connectivity index (χ4v) is 2.48. The molecule has 3 aromatic rings. The third kappa shape index (κ3) is 3.27. The van der Waals surface area contributed by atoms with Crippen LogP contribution in [0.15, 0.2) is 59.5 Å². The Bertz CT molecular complexity index is 966. The summed E-state index contributed by atoms with van der Waals surface area (Å²) >= 11 is 0. The molecule has 0 radical (unpaired) electrons. The van der Waals surface area contributed by atoms with Crippen molar-refractivity contribution in [3.8, 4) is 5.75 Å². The van der Waals surface area contributed by atoms with Crippen LogP contribution in [0.5, 0.6) is 5.75 Å². The number of nitrogens with one attached hydrogen (secondary N) is 1. The van der Waals surface area contributed by atoms with Gasteiger partial charge in [0.05, 0.1) is 12.6 Å². The zero-order chi connectivity index (χ0) is 17.1. The van der Waals surface area contributed by atoms with Crippen LogP contribution >= 0.6 is 0 Å². The fourth-order valence-electron chi connectivity index (χ4n) is 2.48. The van der Waals surface area contributed by atoms with Gasteiger partial charge in [-0.15, -0.1) is 0 Å². The molecule has 0 saturated carbocycles. The Hall–Kier alpha value is -3.15. The number of benzene rings is 2. The van der Waals surface area contributed by atoms with E-state index in [2.05, 4.69) is 5.32 Å². The molecule has 122 valence electrons. The van der Waals surface area contributed by atoms with Gasteiger partial charge in [-0.25, -0.2) is 4.39 Å². The minimum Gasteiger partial charge on any atom is -0.497 e. The molecule has 1 aromatic heterocycles. The summed E-state index contributed by atoms with van der Waals surface area (Å²) in [4.78, 5) is 24.1. The van der Waals surface area contributed by atoms with E-state index in [1.165, 1.54) is 30.5 Å². The molecule has 0 spiro atoms. The summed E-state index contributed by atoms with van der Waals surface area (Å²) in [7, 11) is 1.55. The van der Waals surface area contributed by atoms with Gasteiger partial charge in [0.2, 0.25) is 5.91 Å². The van der Waals surface area contributed by atoms with E-state index in [1.807, 2.05) is 0 Å². The van der Waals surface area contributed by atoms with Crippen molar-refractivity contribution in [3.63, 3.8) is 0 Å². The normalized spacial score (nSPS) is 10.6. The first kappa shape index (κ1) is 15.7. The van der Waals surface area contributed by atoms with Crippen molar-refractivity contribution in [3.05, 3.63) is 70.8 Å². The van der Waals surface area contributed by atoms with Crippen molar-refractivity contribution in [2.75, 3.05) is 12.4 Å². The summed E-state index contributed by atoms with van der Waals surface area (Å²) in [6.07, 6.45) is 1.52. The quantitative estimate of drug-likeness (QED) is 0.802. The second-order valence-corrected chi connectivity index (χ2v) is 5.25. The number of carbonyl (C=O) groups excluding carboxylic acids is 1. The highest BCUT2D eigenvalue weighted by Gasteiger charge is 2.08. The molecule has 6 heteroatoms. The first-order valence-electron chi connectivity index (χ1n) is 7.29. The highest BCUT2D eigenvalue weighted by Crippen LogP contribution is 2.17. The second-order valence-electron chi connectivity index (χ2n) is 5.25. The molecule has 1 N–H and O–H groups in total. The highest BCUT2D eigenvalue weighted by molar-refractivity contribution is 5.92. The van der Waals surface area contributed by atoms with Gasteiger partial charge in [-0.1, -0.05) is 6.07 Å². The lowest BCUT2D eigenvalue weighted by atomic mass is 10.2. The number of anilines is 1. The molecule has 0 fully saturated rings. The van der Waals surface area contributed by atoms with Gasteiger partial charge in [0, 0.05) is 29.4 Å². The van der Waals surface area contributed by atoms with E-state index in [1.54, 1.807) is 35.9 Å². The van der Waals surface area contributed by atoms with Gasteiger partial charge in [0.1, 0.15) is 18.1 Å². The minimum atomic E-state index is -0.488. The Labute approximate surface area is 137 Å². The summed E-state index contributed by atoms with van der Waals surface area (Å²) < 4.78 is 20.0. The Morgan fingerprint density at radius 2 is 2.04 bits per heavy atom. The zero-order valence-corrected chi connectivity index (χ0v) is 13.0. The number of halogens is 1. The predicted octanol–water partition coefficient (Wildman–Crippen LogP) is 2.79. The Morgan fingerprint density at radius 3 is 2.83 bits per heavy atom. The molecule has 2 aromatic carbocycles. The summed E-state index contributed by atoms with van der Waals surface area (Å²) in [5, 5.41) is 3.01. The third-order valence-corrected chi connectivity index (χ3v) is 3.61. The maximum atomic E-state index is 13.3. The van der Waals surface area contributed by atoms with Crippen LogP contribution in [0.4, 0.5) is 10.1 Å². The van der Waals surface area contributed by atoms with E-state index >= 15 is 0 Å². The van der Waals surface area contributed by atoms with Crippen LogP contribution in [0, 0.1) is 5.82 Å². The Kier molecular flexibility index (Phi) is 4.29.